The predicted octanol–water partition coefficient (Wildman–Crippen LogP) is 4.89. The van der Waals surface area contributed by atoms with Crippen molar-refractivity contribution in [1.29, 1.82) is 0 Å². The third-order valence-electron chi connectivity index (χ3n) is 4.95. The molecule has 1 aromatic heterocycles. The molecule has 0 radical (unpaired) electrons. The number of carbonyl (C=O) groups is 1. The van der Waals surface area contributed by atoms with Crippen LogP contribution in [0, 0.1) is 10.1 Å². The van der Waals surface area contributed by atoms with Crippen LogP contribution in [0.3, 0.4) is 0 Å². The first-order chi connectivity index (χ1) is 17.4. The highest BCUT2D eigenvalue weighted by Gasteiger charge is 2.16. The van der Waals surface area contributed by atoms with Crippen molar-refractivity contribution in [2.45, 2.75) is 6.73 Å². The van der Waals surface area contributed by atoms with E-state index in [0.717, 1.165) is 0 Å². The zero-order valence-electron chi connectivity index (χ0n) is 19.4. The lowest BCUT2D eigenvalue weighted by atomic mass is 10.2. The van der Waals surface area contributed by atoms with Gasteiger partial charge in [-0.2, -0.15) is 5.10 Å². The van der Waals surface area contributed by atoms with E-state index in [9.17, 15) is 14.9 Å². The van der Waals surface area contributed by atoms with Gasteiger partial charge in [0.15, 0.2) is 23.9 Å². The van der Waals surface area contributed by atoms with Gasteiger partial charge in [0.25, 0.3) is 11.6 Å². The van der Waals surface area contributed by atoms with Crippen molar-refractivity contribution < 1.29 is 28.7 Å². The molecule has 0 aliphatic rings. The van der Waals surface area contributed by atoms with E-state index < -0.39 is 10.8 Å². The fraction of sp³-hybridized carbons (Fsp3) is 0.120. The van der Waals surface area contributed by atoms with E-state index in [1.807, 2.05) is 0 Å². The second kappa shape index (κ2) is 10.9. The second-order valence-corrected chi connectivity index (χ2v) is 7.37. The molecule has 4 aromatic rings. The average Bonchev–Trinajstić information content (AvgIpc) is 3.37. The Kier molecular flexibility index (Phi) is 7.30. The largest absolute Gasteiger partial charge is 0.497 e. The number of rotatable bonds is 10. The van der Waals surface area contributed by atoms with Gasteiger partial charge in [-0.15, -0.1) is 0 Å². The van der Waals surface area contributed by atoms with Gasteiger partial charge in [-0.05, 0) is 42.5 Å². The van der Waals surface area contributed by atoms with Crippen molar-refractivity contribution in [3.63, 3.8) is 0 Å². The molecule has 0 spiro atoms. The van der Waals surface area contributed by atoms with Crippen LogP contribution in [0.1, 0.15) is 10.5 Å². The maximum absolute atomic E-state index is 12.8. The molecule has 36 heavy (non-hydrogen) atoms. The molecule has 0 aliphatic heterocycles. The Balaban J connectivity index is 1.46. The average molecular weight is 490 g/mol. The highest BCUT2D eigenvalue weighted by molar-refractivity contribution is 6.03. The Hall–Kier alpha value is -5.06. The van der Waals surface area contributed by atoms with Crippen LogP contribution in [0.5, 0.6) is 28.7 Å². The number of ether oxygens (including phenoxy) is 4. The van der Waals surface area contributed by atoms with Crippen LogP contribution >= 0.6 is 0 Å². The smallest absolute Gasteiger partial charge is 0.276 e. The SMILES string of the molecule is COc1ccc(OCn2ccc(C(=O)Nc3cc(Oc4ccccc4OC)cc([N+](=O)[O-])c3)n2)cc1. The zero-order chi connectivity index (χ0) is 25.5. The normalized spacial score (nSPS) is 10.4. The minimum absolute atomic E-state index is 0.0767. The van der Waals surface area contributed by atoms with Crippen molar-refractivity contribution >= 4 is 17.3 Å². The summed E-state index contributed by atoms with van der Waals surface area (Å²) in [6.45, 7) is 0.0767. The van der Waals surface area contributed by atoms with E-state index in [0.29, 0.717) is 23.0 Å². The summed E-state index contributed by atoms with van der Waals surface area (Å²) in [5.74, 6) is 1.74. The first-order valence-corrected chi connectivity index (χ1v) is 10.7. The molecule has 11 heteroatoms. The van der Waals surface area contributed by atoms with Crippen LogP contribution < -0.4 is 24.3 Å². The number of methoxy groups -OCH3 is 2. The van der Waals surface area contributed by atoms with E-state index in [1.165, 1.54) is 36.1 Å². The summed E-state index contributed by atoms with van der Waals surface area (Å²) in [6.07, 6.45) is 1.59. The van der Waals surface area contributed by atoms with E-state index in [4.69, 9.17) is 18.9 Å². The number of anilines is 1. The second-order valence-electron chi connectivity index (χ2n) is 7.37. The maximum Gasteiger partial charge on any atom is 0.276 e. The Bertz CT molecular complexity index is 1370. The lowest BCUT2D eigenvalue weighted by molar-refractivity contribution is -0.384. The quantitative estimate of drug-likeness (QED) is 0.246. The molecule has 1 amide bonds. The predicted molar refractivity (Wildman–Crippen MR) is 130 cm³/mol. The molecule has 11 nitrogen and oxygen atoms in total. The van der Waals surface area contributed by atoms with Gasteiger partial charge in [-0.3, -0.25) is 14.9 Å². The third kappa shape index (κ3) is 5.89. The number of aromatic nitrogens is 2. The van der Waals surface area contributed by atoms with Crippen molar-refractivity contribution in [3.8, 4) is 28.7 Å². The maximum atomic E-state index is 12.8. The highest BCUT2D eigenvalue weighted by atomic mass is 16.6. The fourth-order valence-corrected chi connectivity index (χ4v) is 3.21. The molecule has 0 fully saturated rings. The number of nitro benzene ring substituents is 1. The molecule has 1 N–H and O–H groups in total. The van der Waals surface area contributed by atoms with Crippen LogP contribution in [0.2, 0.25) is 0 Å². The molecular weight excluding hydrogens is 468 g/mol. The molecule has 0 unspecified atom stereocenters. The Labute approximate surface area is 205 Å². The minimum atomic E-state index is -0.573. The van der Waals surface area contributed by atoms with Crippen LogP contribution in [-0.4, -0.2) is 34.8 Å². The number of non-ortho nitro benzene ring substituents is 1. The standard InChI is InChI=1S/C25H22N4O7/c1-33-19-7-9-20(10-8-19)35-16-28-12-11-22(27-28)25(30)26-17-13-18(29(31)32)15-21(14-17)36-24-6-4-3-5-23(24)34-2/h3-15H,16H2,1-2H3,(H,26,30). The summed E-state index contributed by atoms with van der Waals surface area (Å²) < 4.78 is 23.2. The first-order valence-electron chi connectivity index (χ1n) is 10.7. The molecule has 0 bridgehead atoms. The van der Waals surface area contributed by atoms with Crippen molar-refractivity contribution in [2.24, 2.45) is 0 Å². The summed E-state index contributed by atoms with van der Waals surface area (Å²) in [7, 11) is 3.07. The van der Waals surface area contributed by atoms with E-state index >= 15 is 0 Å². The van der Waals surface area contributed by atoms with Crippen molar-refractivity contribution in [2.75, 3.05) is 19.5 Å². The molecule has 0 saturated carbocycles. The Morgan fingerprint density at radius 2 is 1.67 bits per heavy atom. The Morgan fingerprint density at radius 1 is 0.944 bits per heavy atom. The van der Waals surface area contributed by atoms with E-state index in [-0.39, 0.29) is 29.5 Å². The number of nitrogens with zero attached hydrogens (tertiary/aromatic N) is 3. The number of nitro groups is 1. The summed E-state index contributed by atoms with van der Waals surface area (Å²) in [5, 5.41) is 18.3. The van der Waals surface area contributed by atoms with Crippen LogP contribution in [0.4, 0.5) is 11.4 Å². The minimum Gasteiger partial charge on any atom is -0.497 e. The topological polar surface area (TPSA) is 127 Å². The number of benzene rings is 3. The van der Waals surface area contributed by atoms with Gasteiger partial charge in [0.2, 0.25) is 0 Å². The Morgan fingerprint density at radius 3 is 2.36 bits per heavy atom. The van der Waals surface area contributed by atoms with Crippen molar-refractivity contribution in [3.05, 3.63) is 94.8 Å². The van der Waals surface area contributed by atoms with E-state index in [2.05, 4.69) is 10.4 Å². The first kappa shape index (κ1) is 24.1. The fourth-order valence-electron chi connectivity index (χ4n) is 3.21. The lowest BCUT2D eigenvalue weighted by Crippen LogP contribution is -2.14. The third-order valence-corrected chi connectivity index (χ3v) is 4.95. The number of carbonyl (C=O) groups excluding carboxylic acids is 1. The molecule has 1 heterocycles. The molecule has 4 rings (SSSR count). The molecule has 0 aliphatic carbocycles. The summed E-state index contributed by atoms with van der Waals surface area (Å²) in [4.78, 5) is 23.6. The van der Waals surface area contributed by atoms with E-state index in [1.54, 1.807) is 61.8 Å². The number of para-hydroxylation sites is 2. The molecule has 0 saturated heterocycles. The highest BCUT2D eigenvalue weighted by Crippen LogP contribution is 2.34. The van der Waals surface area contributed by atoms with Crippen LogP contribution in [0.25, 0.3) is 0 Å². The van der Waals surface area contributed by atoms with Gasteiger partial charge in [-0.25, -0.2) is 4.68 Å². The van der Waals surface area contributed by atoms with Crippen molar-refractivity contribution in [1.82, 2.24) is 9.78 Å². The van der Waals surface area contributed by atoms with Gasteiger partial charge in [0.05, 0.1) is 30.9 Å². The number of amides is 1. The van der Waals surface area contributed by atoms with Crippen LogP contribution in [-0.2, 0) is 6.73 Å². The van der Waals surface area contributed by atoms with Gasteiger partial charge >= 0.3 is 0 Å². The molecule has 3 aromatic carbocycles. The number of hydrogen-bond donors (Lipinski definition) is 1. The monoisotopic (exact) mass is 490 g/mol. The van der Waals surface area contributed by atoms with Gasteiger partial charge in [0.1, 0.15) is 17.2 Å². The molecular formula is C25H22N4O7. The summed E-state index contributed by atoms with van der Waals surface area (Å²) in [5.41, 5.74) is 0.0197. The summed E-state index contributed by atoms with van der Waals surface area (Å²) in [6, 6.07) is 19.4. The van der Waals surface area contributed by atoms with Gasteiger partial charge in [0, 0.05) is 18.3 Å². The number of nitrogens with one attached hydrogen (secondary N) is 1. The van der Waals surface area contributed by atoms with Gasteiger partial charge in [-0.1, -0.05) is 12.1 Å². The lowest BCUT2D eigenvalue weighted by Gasteiger charge is -2.11. The zero-order valence-corrected chi connectivity index (χ0v) is 19.4. The van der Waals surface area contributed by atoms with Gasteiger partial charge < -0.3 is 24.3 Å². The molecule has 0 atom stereocenters. The van der Waals surface area contributed by atoms with Crippen LogP contribution in [0.15, 0.2) is 79.0 Å². The molecule has 184 valence electrons. The summed E-state index contributed by atoms with van der Waals surface area (Å²) >= 11 is 0. The number of hydrogen-bond acceptors (Lipinski definition) is 8.